The van der Waals surface area contributed by atoms with Crippen LogP contribution in [0, 0.1) is 12.3 Å². The highest BCUT2D eigenvalue weighted by molar-refractivity contribution is 7.89. The van der Waals surface area contributed by atoms with Crippen molar-refractivity contribution in [1.82, 2.24) is 19.5 Å². The van der Waals surface area contributed by atoms with Crippen molar-refractivity contribution in [2.24, 2.45) is 0 Å². The van der Waals surface area contributed by atoms with E-state index in [-0.39, 0.29) is 17.3 Å². The molecule has 0 aliphatic carbocycles. The predicted octanol–water partition coefficient (Wildman–Crippen LogP) is 0.951. The van der Waals surface area contributed by atoms with Gasteiger partial charge in [-0.1, -0.05) is 12.0 Å². The summed E-state index contributed by atoms with van der Waals surface area (Å²) in [5.41, 5.74) is 1.48. The molecule has 0 radical (unpaired) electrons. The summed E-state index contributed by atoms with van der Waals surface area (Å²) in [6.45, 7) is 3.46. The van der Waals surface area contributed by atoms with Crippen LogP contribution in [-0.2, 0) is 16.6 Å². The van der Waals surface area contributed by atoms with Gasteiger partial charge in [0.1, 0.15) is 0 Å². The maximum absolute atomic E-state index is 12.7. The predicted molar refractivity (Wildman–Crippen MR) is 106 cm³/mol. The molecule has 8 heteroatoms. The molecule has 1 aliphatic rings. The van der Waals surface area contributed by atoms with Gasteiger partial charge in [-0.3, -0.25) is 14.7 Å². The Balaban J connectivity index is 1.57. The molecule has 0 atom stereocenters. The third-order valence-corrected chi connectivity index (χ3v) is 5.96. The number of terminal acetylenes is 1. The standard InChI is InChI=1S/C20H22N4O3S/c1-2-10-22-28(26,27)19-8-6-17(7-9-19)20(25)24-14-12-23(13-15-24)16-18-5-3-4-11-21-18/h1,3-9,11,22H,10,12-16H2. The smallest absolute Gasteiger partial charge is 0.253 e. The van der Waals surface area contributed by atoms with Crippen molar-refractivity contribution >= 4 is 15.9 Å². The lowest BCUT2D eigenvalue weighted by molar-refractivity contribution is 0.0627. The molecular formula is C20H22N4O3S. The summed E-state index contributed by atoms with van der Waals surface area (Å²) < 4.78 is 26.4. The lowest BCUT2D eigenvalue weighted by atomic mass is 10.2. The van der Waals surface area contributed by atoms with Gasteiger partial charge in [-0.2, -0.15) is 4.72 Å². The number of hydrogen-bond donors (Lipinski definition) is 1. The molecule has 0 spiro atoms. The summed E-state index contributed by atoms with van der Waals surface area (Å²) >= 11 is 0. The first-order valence-corrected chi connectivity index (χ1v) is 10.4. The monoisotopic (exact) mass is 398 g/mol. The number of carbonyl (C=O) groups excluding carboxylic acids is 1. The molecular weight excluding hydrogens is 376 g/mol. The van der Waals surface area contributed by atoms with E-state index in [9.17, 15) is 13.2 Å². The molecule has 1 fully saturated rings. The molecule has 3 rings (SSSR count). The van der Waals surface area contributed by atoms with Gasteiger partial charge in [0.2, 0.25) is 10.0 Å². The molecule has 1 aromatic heterocycles. The van der Waals surface area contributed by atoms with E-state index in [0.29, 0.717) is 18.7 Å². The minimum Gasteiger partial charge on any atom is -0.336 e. The molecule has 7 nitrogen and oxygen atoms in total. The lowest BCUT2D eigenvalue weighted by Crippen LogP contribution is -2.48. The zero-order valence-electron chi connectivity index (χ0n) is 15.4. The van der Waals surface area contributed by atoms with E-state index in [1.54, 1.807) is 11.1 Å². The molecule has 2 heterocycles. The van der Waals surface area contributed by atoms with Crippen LogP contribution in [0.1, 0.15) is 16.1 Å². The second kappa shape index (κ2) is 8.97. The van der Waals surface area contributed by atoms with Gasteiger partial charge in [0, 0.05) is 44.5 Å². The fourth-order valence-electron chi connectivity index (χ4n) is 3.01. The molecule has 146 valence electrons. The lowest BCUT2D eigenvalue weighted by Gasteiger charge is -2.34. The molecule has 0 unspecified atom stereocenters. The van der Waals surface area contributed by atoms with Gasteiger partial charge < -0.3 is 4.90 Å². The Morgan fingerprint density at radius 3 is 2.43 bits per heavy atom. The Bertz CT molecular complexity index is 945. The molecule has 28 heavy (non-hydrogen) atoms. The molecule has 1 aliphatic heterocycles. The van der Waals surface area contributed by atoms with Gasteiger partial charge in [-0.15, -0.1) is 6.42 Å². The van der Waals surface area contributed by atoms with E-state index < -0.39 is 10.0 Å². The highest BCUT2D eigenvalue weighted by Gasteiger charge is 2.23. The van der Waals surface area contributed by atoms with Crippen molar-refractivity contribution in [2.45, 2.75) is 11.4 Å². The van der Waals surface area contributed by atoms with Gasteiger partial charge in [-0.25, -0.2) is 8.42 Å². The molecule has 2 aromatic rings. The van der Waals surface area contributed by atoms with Crippen molar-refractivity contribution in [1.29, 1.82) is 0 Å². The Kier molecular flexibility index (Phi) is 6.41. The summed E-state index contributed by atoms with van der Waals surface area (Å²) in [4.78, 5) is 21.2. The number of nitrogens with zero attached hydrogens (tertiary/aromatic N) is 3. The second-order valence-corrected chi connectivity index (χ2v) is 8.21. The van der Waals surface area contributed by atoms with Crippen molar-refractivity contribution < 1.29 is 13.2 Å². The van der Waals surface area contributed by atoms with Crippen LogP contribution in [0.2, 0.25) is 0 Å². The van der Waals surface area contributed by atoms with Crippen LogP contribution in [0.25, 0.3) is 0 Å². The summed E-state index contributed by atoms with van der Waals surface area (Å²) in [6, 6.07) is 11.8. The van der Waals surface area contributed by atoms with E-state index in [1.165, 1.54) is 24.3 Å². The Morgan fingerprint density at radius 2 is 1.82 bits per heavy atom. The first kappa shape index (κ1) is 20.0. The number of rotatable bonds is 6. The van der Waals surface area contributed by atoms with Gasteiger partial charge in [0.05, 0.1) is 17.1 Å². The fourth-order valence-corrected chi connectivity index (χ4v) is 3.94. The number of nitrogens with one attached hydrogen (secondary N) is 1. The first-order chi connectivity index (χ1) is 13.5. The average molecular weight is 398 g/mol. The summed E-state index contributed by atoms with van der Waals surface area (Å²) in [5, 5.41) is 0. The molecule has 0 saturated carbocycles. The van der Waals surface area contributed by atoms with E-state index in [2.05, 4.69) is 20.5 Å². The normalized spacial score (nSPS) is 15.2. The van der Waals surface area contributed by atoms with Crippen LogP contribution in [0.5, 0.6) is 0 Å². The van der Waals surface area contributed by atoms with Gasteiger partial charge >= 0.3 is 0 Å². The topological polar surface area (TPSA) is 82.6 Å². The Morgan fingerprint density at radius 1 is 1.11 bits per heavy atom. The van der Waals surface area contributed by atoms with Crippen LogP contribution in [0.15, 0.2) is 53.6 Å². The van der Waals surface area contributed by atoms with Crippen molar-refractivity contribution in [2.75, 3.05) is 32.7 Å². The third-order valence-electron chi connectivity index (χ3n) is 4.55. The molecule has 1 N–H and O–H groups in total. The van der Waals surface area contributed by atoms with Crippen LogP contribution in [0.4, 0.5) is 0 Å². The maximum Gasteiger partial charge on any atom is 0.253 e. The number of amides is 1. The van der Waals surface area contributed by atoms with Crippen LogP contribution in [0.3, 0.4) is 0 Å². The Hall–Kier alpha value is -2.73. The Labute approximate surface area is 165 Å². The van der Waals surface area contributed by atoms with E-state index >= 15 is 0 Å². The number of hydrogen-bond acceptors (Lipinski definition) is 5. The third kappa shape index (κ3) is 4.95. The maximum atomic E-state index is 12.7. The van der Waals surface area contributed by atoms with Crippen molar-refractivity contribution in [3.8, 4) is 12.3 Å². The van der Waals surface area contributed by atoms with E-state index in [4.69, 9.17) is 6.42 Å². The van der Waals surface area contributed by atoms with Crippen LogP contribution >= 0.6 is 0 Å². The SMILES string of the molecule is C#CCNS(=O)(=O)c1ccc(C(=O)N2CCN(Cc3ccccn3)CC2)cc1. The van der Waals surface area contributed by atoms with E-state index in [0.717, 1.165) is 25.3 Å². The zero-order valence-corrected chi connectivity index (χ0v) is 16.2. The molecule has 1 amide bonds. The number of benzene rings is 1. The van der Waals surface area contributed by atoms with Crippen molar-refractivity contribution in [3.05, 3.63) is 59.9 Å². The second-order valence-electron chi connectivity index (χ2n) is 6.44. The number of sulfonamides is 1. The van der Waals surface area contributed by atoms with E-state index in [1.807, 2.05) is 18.2 Å². The highest BCUT2D eigenvalue weighted by atomic mass is 32.2. The quantitative estimate of drug-likeness (QED) is 0.733. The van der Waals surface area contributed by atoms with Crippen LogP contribution < -0.4 is 4.72 Å². The van der Waals surface area contributed by atoms with Crippen molar-refractivity contribution in [3.63, 3.8) is 0 Å². The zero-order chi connectivity index (χ0) is 20.0. The van der Waals surface area contributed by atoms with Gasteiger partial charge in [-0.05, 0) is 36.4 Å². The van der Waals surface area contributed by atoms with Crippen LogP contribution in [-0.4, -0.2) is 61.8 Å². The molecule has 1 saturated heterocycles. The number of aromatic nitrogens is 1. The molecule has 0 bridgehead atoms. The minimum atomic E-state index is -3.66. The number of pyridine rings is 1. The molecule has 1 aromatic carbocycles. The average Bonchev–Trinajstić information content (AvgIpc) is 2.73. The largest absolute Gasteiger partial charge is 0.336 e. The number of carbonyl (C=O) groups is 1. The first-order valence-electron chi connectivity index (χ1n) is 8.94. The summed E-state index contributed by atoms with van der Waals surface area (Å²) in [6.07, 6.45) is 6.86. The summed E-state index contributed by atoms with van der Waals surface area (Å²) in [7, 11) is -3.66. The fraction of sp³-hybridized carbons (Fsp3) is 0.300. The van der Waals surface area contributed by atoms with Gasteiger partial charge in [0.25, 0.3) is 5.91 Å². The highest BCUT2D eigenvalue weighted by Crippen LogP contribution is 2.14. The minimum absolute atomic E-state index is 0.0776. The van der Waals surface area contributed by atoms with Gasteiger partial charge in [0.15, 0.2) is 0 Å². The summed E-state index contributed by atoms with van der Waals surface area (Å²) in [5.74, 6) is 2.13. The number of piperazine rings is 1.